The summed E-state index contributed by atoms with van der Waals surface area (Å²) >= 11 is 1.52. The predicted octanol–water partition coefficient (Wildman–Crippen LogP) is 4.04. The number of hydrogen-bond acceptors (Lipinski definition) is 5. The van der Waals surface area contributed by atoms with Gasteiger partial charge in [0.2, 0.25) is 5.91 Å². The number of hydrogen-bond donors (Lipinski definition) is 0. The fourth-order valence-corrected chi connectivity index (χ4v) is 4.67. The van der Waals surface area contributed by atoms with E-state index in [1.165, 1.54) is 18.2 Å². The van der Waals surface area contributed by atoms with Crippen LogP contribution in [-0.2, 0) is 11.3 Å². The van der Waals surface area contributed by atoms with Crippen molar-refractivity contribution in [3.8, 4) is 11.4 Å². The van der Waals surface area contributed by atoms with Crippen LogP contribution in [-0.4, -0.2) is 48.4 Å². The topological polar surface area (TPSA) is 63.9 Å². The van der Waals surface area contributed by atoms with Gasteiger partial charge in [-0.05, 0) is 44.2 Å². The van der Waals surface area contributed by atoms with Crippen LogP contribution in [0.5, 0.6) is 0 Å². The van der Waals surface area contributed by atoms with Gasteiger partial charge in [0.25, 0.3) is 0 Å². The van der Waals surface area contributed by atoms with Crippen LogP contribution in [0.4, 0.5) is 0 Å². The van der Waals surface area contributed by atoms with Crippen LogP contribution in [0.3, 0.4) is 0 Å². The number of likely N-dealkylation sites (tertiary alicyclic amines) is 1. The normalized spacial score (nSPS) is 18.3. The molecular weight excluding hydrogens is 370 g/mol. The SMILES string of the molecule is C=CCn1c(SC(C(=O)N2CCCCC2C)C(C)C)nnc1-c1ccncc1. The summed E-state index contributed by atoms with van der Waals surface area (Å²) in [6, 6.07) is 4.14. The minimum atomic E-state index is -0.182. The molecule has 1 aliphatic heterocycles. The number of rotatable bonds is 7. The molecule has 0 bridgehead atoms. The molecule has 1 saturated heterocycles. The van der Waals surface area contributed by atoms with Crippen molar-refractivity contribution in [2.24, 2.45) is 5.92 Å². The van der Waals surface area contributed by atoms with Gasteiger partial charge in [-0.3, -0.25) is 14.3 Å². The molecule has 2 atom stereocenters. The Morgan fingerprint density at radius 2 is 2.07 bits per heavy atom. The summed E-state index contributed by atoms with van der Waals surface area (Å²) < 4.78 is 2.02. The monoisotopic (exact) mass is 399 g/mol. The summed E-state index contributed by atoms with van der Waals surface area (Å²) in [4.78, 5) is 19.4. The first kappa shape index (κ1) is 20.6. The zero-order chi connectivity index (χ0) is 20.1. The van der Waals surface area contributed by atoms with E-state index in [1.54, 1.807) is 12.4 Å². The van der Waals surface area contributed by atoms with Crippen molar-refractivity contribution < 1.29 is 4.79 Å². The lowest BCUT2D eigenvalue weighted by Gasteiger charge is -2.36. The van der Waals surface area contributed by atoms with E-state index >= 15 is 0 Å². The lowest BCUT2D eigenvalue weighted by atomic mass is 10.0. The third-order valence-electron chi connectivity index (χ3n) is 5.13. The highest BCUT2D eigenvalue weighted by atomic mass is 32.2. The van der Waals surface area contributed by atoms with Gasteiger partial charge in [0.05, 0.1) is 5.25 Å². The van der Waals surface area contributed by atoms with Crippen LogP contribution in [0.2, 0.25) is 0 Å². The quantitative estimate of drug-likeness (QED) is 0.519. The van der Waals surface area contributed by atoms with Crippen molar-refractivity contribution >= 4 is 17.7 Å². The van der Waals surface area contributed by atoms with Crippen LogP contribution >= 0.6 is 11.8 Å². The summed E-state index contributed by atoms with van der Waals surface area (Å²) in [7, 11) is 0. The maximum atomic E-state index is 13.3. The molecule has 0 spiro atoms. The van der Waals surface area contributed by atoms with Crippen molar-refractivity contribution in [1.82, 2.24) is 24.6 Å². The molecule has 2 aromatic heterocycles. The lowest BCUT2D eigenvalue weighted by molar-refractivity contribution is -0.134. The second-order valence-electron chi connectivity index (χ2n) is 7.60. The summed E-state index contributed by atoms with van der Waals surface area (Å²) in [6.45, 7) is 11.7. The van der Waals surface area contributed by atoms with Gasteiger partial charge in [-0.1, -0.05) is 31.7 Å². The molecule has 0 aromatic carbocycles. The molecule has 0 aliphatic carbocycles. The molecule has 6 nitrogen and oxygen atoms in total. The molecule has 1 fully saturated rings. The number of pyridine rings is 1. The molecule has 2 aromatic rings. The molecule has 3 rings (SSSR count). The van der Waals surface area contributed by atoms with Crippen molar-refractivity contribution in [3.05, 3.63) is 37.2 Å². The highest BCUT2D eigenvalue weighted by Crippen LogP contribution is 2.32. The number of carbonyl (C=O) groups is 1. The molecule has 28 heavy (non-hydrogen) atoms. The zero-order valence-corrected chi connectivity index (χ0v) is 17.7. The number of aromatic nitrogens is 4. The Morgan fingerprint density at radius 3 is 2.71 bits per heavy atom. The third-order valence-corrected chi connectivity index (χ3v) is 6.65. The zero-order valence-electron chi connectivity index (χ0n) is 16.9. The average Bonchev–Trinajstić information content (AvgIpc) is 3.09. The summed E-state index contributed by atoms with van der Waals surface area (Å²) in [5.41, 5.74) is 0.952. The largest absolute Gasteiger partial charge is 0.339 e. The van der Waals surface area contributed by atoms with Crippen molar-refractivity contribution in [3.63, 3.8) is 0 Å². The van der Waals surface area contributed by atoms with E-state index < -0.39 is 0 Å². The Kier molecular flexibility index (Phi) is 6.88. The molecule has 3 heterocycles. The van der Waals surface area contributed by atoms with E-state index in [2.05, 4.69) is 47.4 Å². The van der Waals surface area contributed by atoms with E-state index in [9.17, 15) is 4.79 Å². The number of nitrogens with zero attached hydrogens (tertiary/aromatic N) is 5. The minimum absolute atomic E-state index is 0.182. The Bertz CT molecular complexity index is 804. The van der Waals surface area contributed by atoms with Gasteiger partial charge in [-0.15, -0.1) is 16.8 Å². The summed E-state index contributed by atoms with van der Waals surface area (Å²) in [5, 5.41) is 9.38. The van der Waals surface area contributed by atoms with Gasteiger partial charge in [-0.2, -0.15) is 0 Å². The van der Waals surface area contributed by atoms with E-state index in [4.69, 9.17) is 0 Å². The minimum Gasteiger partial charge on any atom is -0.339 e. The van der Waals surface area contributed by atoms with Gasteiger partial charge in [0.15, 0.2) is 11.0 Å². The second-order valence-corrected chi connectivity index (χ2v) is 8.71. The Labute approximate surface area is 171 Å². The third kappa shape index (κ3) is 4.46. The predicted molar refractivity (Wildman–Crippen MR) is 113 cm³/mol. The first-order chi connectivity index (χ1) is 13.5. The van der Waals surface area contributed by atoms with Crippen molar-refractivity contribution in [1.29, 1.82) is 0 Å². The summed E-state index contributed by atoms with van der Waals surface area (Å²) in [5.74, 6) is 1.18. The van der Waals surface area contributed by atoms with Crippen LogP contribution in [0.1, 0.15) is 40.0 Å². The first-order valence-electron chi connectivity index (χ1n) is 9.94. The van der Waals surface area contributed by atoms with Gasteiger partial charge in [0, 0.05) is 37.1 Å². The maximum Gasteiger partial charge on any atom is 0.236 e. The van der Waals surface area contributed by atoms with E-state index in [-0.39, 0.29) is 17.1 Å². The van der Waals surface area contributed by atoms with E-state index in [1.807, 2.05) is 22.8 Å². The second kappa shape index (κ2) is 9.37. The standard InChI is InChI=1S/C21H29N5OS/c1-5-13-26-19(17-9-11-22-12-10-17)23-24-21(26)28-18(15(2)3)20(27)25-14-7-6-8-16(25)4/h5,9-12,15-16,18H,1,6-8,13-14H2,2-4H3. The molecule has 7 heteroatoms. The molecule has 1 aliphatic rings. The summed E-state index contributed by atoms with van der Waals surface area (Å²) in [6.07, 6.45) is 8.69. The lowest BCUT2D eigenvalue weighted by Crippen LogP contribution is -2.47. The highest BCUT2D eigenvalue weighted by Gasteiger charge is 2.33. The number of carbonyl (C=O) groups excluding carboxylic acids is 1. The molecule has 0 N–H and O–H groups in total. The molecule has 2 unspecified atom stereocenters. The van der Waals surface area contributed by atoms with Gasteiger partial charge < -0.3 is 4.90 Å². The molecule has 1 amide bonds. The van der Waals surface area contributed by atoms with Crippen molar-refractivity contribution in [2.45, 2.75) is 63.0 Å². The van der Waals surface area contributed by atoms with Gasteiger partial charge in [0.1, 0.15) is 0 Å². The van der Waals surface area contributed by atoms with Crippen molar-refractivity contribution in [2.75, 3.05) is 6.54 Å². The van der Waals surface area contributed by atoms with Crippen LogP contribution in [0.15, 0.2) is 42.3 Å². The van der Waals surface area contributed by atoms with Crippen LogP contribution in [0, 0.1) is 5.92 Å². The van der Waals surface area contributed by atoms with E-state index in [0.717, 1.165) is 35.9 Å². The number of amides is 1. The van der Waals surface area contributed by atoms with Crippen LogP contribution < -0.4 is 0 Å². The maximum absolute atomic E-state index is 13.3. The smallest absolute Gasteiger partial charge is 0.236 e. The highest BCUT2D eigenvalue weighted by molar-refractivity contribution is 8.00. The average molecular weight is 400 g/mol. The Morgan fingerprint density at radius 1 is 1.32 bits per heavy atom. The van der Waals surface area contributed by atoms with Gasteiger partial charge in [-0.25, -0.2) is 0 Å². The molecule has 0 saturated carbocycles. The Hall–Kier alpha value is -2.15. The number of allylic oxidation sites excluding steroid dienone is 1. The molecule has 0 radical (unpaired) electrons. The molecular formula is C21H29N5OS. The fraction of sp³-hybridized carbons (Fsp3) is 0.524. The number of piperidine rings is 1. The van der Waals surface area contributed by atoms with E-state index in [0.29, 0.717) is 12.6 Å². The number of thioether (sulfide) groups is 1. The fourth-order valence-electron chi connectivity index (χ4n) is 3.56. The first-order valence-corrected chi connectivity index (χ1v) is 10.8. The molecule has 150 valence electrons. The van der Waals surface area contributed by atoms with Crippen LogP contribution in [0.25, 0.3) is 11.4 Å². The van der Waals surface area contributed by atoms with Gasteiger partial charge >= 0.3 is 0 Å². The Balaban J connectivity index is 1.88.